The molecule has 0 saturated carbocycles. The number of allylic oxidation sites excluding steroid dienone is 2. The number of hydrogen-bond donors (Lipinski definition) is 0. The van der Waals surface area contributed by atoms with E-state index in [0.29, 0.717) is 0 Å². The van der Waals surface area contributed by atoms with Crippen molar-refractivity contribution in [2.45, 2.75) is 51.0 Å². The highest BCUT2D eigenvalue weighted by atomic mass is 32.2. The molecule has 0 N–H and O–H groups in total. The summed E-state index contributed by atoms with van der Waals surface area (Å²) < 4.78 is 5.63. The van der Waals surface area contributed by atoms with Crippen LogP contribution in [0.5, 0.6) is 0 Å². The number of ether oxygens (including phenoxy) is 1. The van der Waals surface area contributed by atoms with Gasteiger partial charge in [-0.3, -0.25) is 9.59 Å². The van der Waals surface area contributed by atoms with E-state index in [2.05, 4.69) is 20.4 Å². The molecule has 0 amide bonds. The van der Waals surface area contributed by atoms with E-state index in [9.17, 15) is 9.59 Å². The van der Waals surface area contributed by atoms with Crippen LogP contribution in [0.15, 0.2) is 70.0 Å². The zero-order chi connectivity index (χ0) is 19.2. The van der Waals surface area contributed by atoms with E-state index in [1.165, 1.54) is 0 Å². The van der Waals surface area contributed by atoms with Crippen LogP contribution in [-0.4, -0.2) is 18.4 Å². The second-order valence-corrected chi connectivity index (χ2v) is 8.19. The Morgan fingerprint density at radius 3 is 2.65 bits per heavy atom. The third-order valence-electron chi connectivity index (χ3n) is 4.71. The molecule has 0 aliphatic heterocycles. The molecule has 1 aliphatic carbocycles. The van der Waals surface area contributed by atoms with Crippen molar-refractivity contribution in [1.82, 2.24) is 0 Å². The van der Waals surface area contributed by atoms with Gasteiger partial charge in [0.05, 0.1) is 6.42 Å². The van der Waals surface area contributed by atoms with E-state index in [4.69, 9.17) is 4.74 Å². The number of hydrogen-bond acceptors (Lipinski definition) is 4. The van der Waals surface area contributed by atoms with E-state index >= 15 is 0 Å². The summed E-state index contributed by atoms with van der Waals surface area (Å²) in [7, 11) is 0. The molecule has 0 bridgehead atoms. The number of aldehydes is 1. The lowest BCUT2D eigenvalue weighted by Crippen LogP contribution is -2.31. The molecule has 26 heavy (non-hydrogen) atoms. The van der Waals surface area contributed by atoms with Crippen LogP contribution < -0.4 is 0 Å². The minimum Gasteiger partial charge on any atom is -0.458 e. The number of benzene rings is 1. The molecule has 2 rings (SSSR count). The molecule has 138 valence electrons. The van der Waals surface area contributed by atoms with Crippen LogP contribution in [0.2, 0.25) is 0 Å². The molecular weight excluding hydrogens is 344 g/mol. The van der Waals surface area contributed by atoms with E-state index in [1.54, 1.807) is 17.8 Å². The van der Waals surface area contributed by atoms with Crippen LogP contribution in [0.1, 0.15) is 40.0 Å². The maximum atomic E-state index is 12.3. The summed E-state index contributed by atoms with van der Waals surface area (Å²) in [5.74, 6) is -0.285. The quantitative estimate of drug-likeness (QED) is 0.276. The van der Waals surface area contributed by atoms with E-state index in [-0.39, 0.29) is 23.9 Å². The summed E-state index contributed by atoms with van der Waals surface area (Å²) in [5.41, 5.74) is 1.47. The molecule has 0 radical (unpaired) electrons. The van der Waals surface area contributed by atoms with Crippen LogP contribution in [-0.2, 0) is 14.3 Å². The highest BCUT2D eigenvalue weighted by molar-refractivity contribution is 8.03. The van der Waals surface area contributed by atoms with Gasteiger partial charge in [0.2, 0.25) is 0 Å². The molecule has 3 nitrogen and oxygen atoms in total. The Balaban J connectivity index is 1.99. The van der Waals surface area contributed by atoms with Crippen LogP contribution in [0.25, 0.3) is 0 Å². The standard InChI is InChI=1S/C22H26O3S/c1-5-17(26-18-9-7-6-8-10-18)11-12-21(24)25-20-13-14-22(3,4)19(15-23)16(20)2/h5-11,15,20H,1,12-14H2,2-4H3. The van der Waals surface area contributed by atoms with Gasteiger partial charge >= 0.3 is 5.97 Å². The number of esters is 1. The second-order valence-electron chi connectivity index (χ2n) is 7.05. The summed E-state index contributed by atoms with van der Waals surface area (Å²) in [4.78, 5) is 25.7. The lowest BCUT2D eigenvalue weighted by Gasteiger charge is -2.35. The molecule has 0 fully saturated rings. The highest BCUT2D eigenvalue weighted by Gasteiger charge is 2.34. The Bertz CT molecular complexity index is 729. The van der Waals surface area contributed by atoms with Gasteiger partial charge < -0.3 is 4.74 Å². The van der Waals surface area contributed by atoms with Crippen molar-refractivity contribution in [3.8, 4) is 0 Å². The fraction of sp³-hybridized carbons (Fsp3) is 0.364. The molecular formula is C22H26O3S. The first kappa shape index (κ1) is 20.2. The Kier molecular flexibility index (Phi) is 7.04. The predicted molar refractivity (Wildman–Crippen MR) is 107 cm³/mol. The van der Waals surface area contributed by atoms with Crippen molar-refractivity contribution in [3.05, 3.63) is 65.1 Å². The maximum absolute atomic E-state index is 12.3. The van der Waals surface area contributed by atoms with Gasteiger partial charge in [0.25, 0.3) is 0 Å². The zero-order valence-corrected chi connectivity index (χ0v) is 16.5. The molecule has 1 aromatic rings. The monoisotopic (exact) mass is 370 g/mol. The number of carbonyl (C=O) groups is 2. The molecule has 1 aliphatic rings. The molecule has 1 atom stereocenters. The first-order valence-corrected chi connectivity index (χ1v) is 9.60. The van der Waals surface area contributed by atoms with E-state index < -0.39 is 0 Å². The van der Waals surface area contributed by atoms with Crippen LogP contribution in [0.4, 0.5) is 0 Å². The lowest BCUT2D eigenvalue weighted by atomic mass is 9.72. The predicted octanol–water partition coefficient (Wildman–Crippen LogP) is 5.49. The molecule has 0 saturated heterocycles. The number of rotatable bonds is 7. The highest BCUT2D eigenvalue weighted by Crippen LogP contribution is 2.40. The van der Waals surface area contributed by atoms with Crippen molar-refractivity contribution in [2.75, 3.05) is 0 Å². The molecule has 1 aromatic carbocycles. The van der Waals surface area contributed by atoms with Crippen molar-refractivity contribution in [1.29, 1.82) is 0 Å². The SMILES string of the molecule is C=CC(=CCC(=O)OC1CCC(C)(C)C(C=O)=C1C)Sc1ccccc1. The normalized spacial score (nSPS) is 19.8. The molecule has 0 aromatic heterocycles. The van der Waals surface area contributed by atoms with Gasteiger partial charge in [-0.2, -0.15) is 0 Å². The van der Waals surface area contributed by atoms with Crippen molar-refractivity contribution < 1.29 is 14.3 Å². The summed E-state index contributed by atoms with van der Waals surface area (Å²) in [6.45, 7) is 9.81. The topological polar surface area (TPSA) is 43.4 Å². The van der Waals surface area contributed by atoms with Crippen molar-refractivity contribution >= 4 is 24.0 Å². The van der Waals surface area contributed by atoms with Crippen LogP contribution in [0.3, 0.4) is 0 Å². The average molecular weight is 371 g/mol. The Morgan fingerprint density at radius 1 is 1.35 bits per heavy atom. The fourth-order valence-electron chi connectivity index (χ4n) is 3.13. The fourth-order valence-corrected chi connectivity index (χ4v) is 3.95. The lowest BCUT2D eigenvalue weighted by molar-refractivity contribution is -0.147. The van der Waals surface area contributed by atoms with Crippen LogP contribution >= 0.6 is 11.8 Å². The molecule has 0 heterocycles. The summed E-state index contributed by atoms with van der Waals surface area (Å²) >= 11 is 1.56. The maximum Gasteiger partial charge on any atom is 0.310 e. The molecule has 1 unspecified atom stereocenters. The zero-order valence-electron chi connectivity index (χ0n) is 15.7. The molecule has 0 spiro atoms. The number of carbonyl (C=O) groups excluding carboxylic acids is 2. The second kappa shape index (κ2) is 9.04. The van der Waals surface area contributed by atoms with Gasteiger partial charge in [-0.05, 0) is 42.9 Å². The summed E-state index contributed by atoms with van der Waals surface area (Å²) in [5, 5.41) is 0. The Labute approximate surface area is 160 Å². The van der Waals surface area contributed by atoms with E-state index in [1.807, 2.05) is 43.3 Å². The van der Waals surface area contributed by atoms with E-state index in [0.717, 1.165) is 40.1 Å². The van der Waals surface area contributed by atoms with Crippen molar-refractivity contribution in [2.24, 2.45) is 5.41 Å². The van der Waals surface area contributed by atoms with Gasteiger partial charge in [-0.1, -0.05) is 62.5 Å². The Hall–Kier alpha value is -2.07. The number of thioether (sulfide) groups is 1. The molecule has 4 heteroatoms. The minimum atomic E-state index is -0.307. The van der Waals surface area contributed by atoms with Gasteiger partial charge in [0.1, 0.15) is 12.4 Å². The summed E-state index contributed by atoms with van der Waals surface area (Å²) in [6.07, 6.45) is 5.93. The van der Waals surface area contributed by atoms with Crippen LogP contribution in [0, 0.1) is 5.41 Å². The van der Waals surface area contributed by atoms with Gasteiger partial charge in [0, 0.05) is 15.4 Å². The summed E-state index contributed by atoms with van der Waals surface area (Å²) in [6, 6.07) is 9.94. The van der Waals surface area contributed by atoms with Gasteiger partial charge in [0.15, 0.2) is 0 Å². The van der Waals surface area contributed by atoms with Crippen molar-refractivity contribution in [3.63, 3.8) is 0 Å². The first-order valence-electron chi connectivity index (χ1n) is 8.79. The smallest absolute Gasteiger partial charge is 0.310 e. The van der Waals surface area contributed by atoms with Gasteiger partial charge in [-0.15, -0.1) is 0 Å². The third kappa shape index (κ3) is 5.21. The third-order valence-corrected chi connectivity index (χ3v) is 5.79. The van der Waals surface area contributed by atoms with Gasteiger partial charge in [-0.25, -0.2) is 0 Å². The Morgan fingerprint density at radius 2 is 2.04 bits per heavy atom. The largest absolute Gasteiger partial charge is 0.458 e. The minimum absolute atomic E-state index is 0.156. The average Bonchev–Trinajstić information content (AvgIpc) is 2.62. The first-order chi connectivity index (χ1) is 12.4.